The first-order chi connectivity index (χ1) is 13.3. The molecule has 0 spiro atoms. The molecule has 0 aliphatic rings. The van der Waals surface area contributed by atoms with E-state index in [1.807, 2.05) is 27.7 Å². The van der Waals surface area contributed by atoms with Crippen LogP contribution in [0.1, 0.15) is 72.4 Å². The van der Waals surface area contributed by atoms with Crippen molar-refractivity contribution >= 4 is 23.3 Å². The SMILES string of the molecule is CC(C)C[C@@H](NC(=O)[C@H](CC(C)C)N(C)C(=O)OC(C)(C)C)[C@H](O)c1nccs1. The second-order valence-corrected chi connectivity index (χ2v) is 10.2. The number of rotatable bonds is 9. The molecule has 1 rings (SSSR count). The fourth-order valence-electron chi connectivity index (χ4n) is 2.95. The van der Waals surface area contributed by atoms with Gasteiger partial charge in [0, 0.05) is 18.6 Å². The molecular weight excluding hydrogens is 390 g/mol. The standard InChI is InChI=1S/C21H37N3O4S/c1-13(2)11-15(17(25)19-22-9-10-29-19)23-18(26)16(12-14(3)4)24(8)20(27)28-21(5,6)7/h9-10,13-17,25H,11-12H2,1-8H3,(H,23,26)/t15-,16+,17+/m1/s1. The Kier molecular flexibility index (Phi) is 9.55. The highest BCUT2D eigenvalue weighted by Gasteiger charge is 2.34. The van der Waals surface area contributed by atoms with E-state index in [-0.39, 0.29) is 17.7 Å². The third-order valence-electron chi connectivity index (χ3n) is 4.28. The Morgan fingerprint density at radius 3 is 2.24 bits per heavy atom. The van der Waals surface area contributed by atoms with Crippen LogP contribution in [0.15, 0.2) is 11.6 Å². The number of nitrogens with zero attached hydrogens (tertiary/aromatic N) is 2. The first-order valence-corrected chi connectivity index (χ1v) is 11.0. The lowest BCUT2D eigenvalue weighted by Crippen LogP contribution is -2.53. The summed E-state index contributed by atoms with van der Waals surface area (Å²) >= 11 is 1.35. The Balaban J connectivity index is 3.01. The van der Waals surface area contributed by atoms with Gasteiger partial charge in [-0.25, -0.2) is 9.78 Å². The van der Waals surface area contributed by atoms with E-state index in [2.05, 4.69) is 10.3 Å². The maximum absolute atomic E-state index is 13.2. The quantitative estimate of drug-likeness (QED) is 0.622. The summed E-state index contributed by atoms with van der Waals surface area (Å²) in [4.78, 5) is 31.2. The molecule has 0 aliphatic heterocycles. The van der Waals surface area contributed by atoms with Gasteiger partial charge in [-0.3, -0.25) is 9.69 Å². The fraction of sp³-hybridized carbons (Fsp3) is 0.762. The molecule has 3 atom stereocenters. The van der Waals surface area contributed by atoms with Gasteiger partial charge in [-0.15, -0.1) is 11.3 Å². The first kappa shape index (κ1) is 25.4. The minimum absolute atomic E-state index is 0.197. The lowest BCUT2D eigenvalue weighted by molar-refractivity contribution is -0.128. The summed E-state index contributed by atoms with van der Waals surface area (Å²) < 4.78 is 5.44. The van der Waals surface area contributed by atoms with Crippen LogP contribution in [0.4, 0.5) is 4.79 Å². The molecule has 2 N–H and O–H groups in total. The Bertz CT molecular complexity index is 641. The molecule has 0 aliphatic carbocycles. The van der Waals surface area contributed by atoms with Crippen molar-refractivity contribution in [2.75, 3.05) is 7.05 Å². The summed E-state index contributed by atoms with van der Waals surface area (Å²) in [5, 5.41) is 16.1. The van der Waals surface area contributed by atoms with E-state index >= 15 is 0 Å². The number of amides is 2. The number of aromatic nitrogens is 1. The number of nitrogens with one attached hydrogen (secondary N) is 1. The zero-order valence-corrected chi connectivity index (χ0v) is 19.7. The van der Waals surface area contributed by atoms with Crippen molar-refractivity contribution in [1.29, 1.82) is 0 Å². The average molecular weight is 428 g/mol. The van der Waals surface area contributed by atoms with Crippen molar-refractivity contribution < 1.29 is 19.4 Å². The summed E-state index contributed by atoms with van der Waals surface area (Å²) in [6.07, 6.45) is 1.28. The first-order valence-electron chi connectivity index (χ1n) is 10.2. The molecule has 0 bridgehead atoms. The summed E-state index contributed by atoms with van der Waals surface area (Å²) in [6, 6.07) is -1.18. The number of likely N-dealkylation sites (N-methyl/N-ethyl adjacent to an activating group) is 1. The van der Waals surface area contributed by atoms with Gasteiger partial charge in [0.1, 0.15) is 22.8 Å². The Morgan fingerprint density at radius 2 is 1.79 bits per heavy atom. The second kappa shape index (κ2) is 10.9. The molecule has 166 valence electrons. The molecular formula is C21H37N3O4S. The monoisotopic (exact) mass is 427 g/mol. The summed E-state index contributed by atoms with van der Waals surface area (Å²) in [5.41, 5.74) is -0.647. The lowest BCUT2D eigenvalue weighted by atomic mass is 9.97. The number of hydrogen-bond donors (Lipinski definition) is 2. The van der Waals surface area contributed by atoms with Gasteiger partial charge in [0.15, 0.2) is 0 Å². The van der Waals surface area contributed by atoms with Crippen LogP contribution >= 0.6 is 11.3 Å². The van der Waals surface area contributed by atoms with E-state index in [1.54, 1.807) is 39.4 Å². The van der Waals surface area contributed by atoms with Crippen molar-refractivity contribution in [3.8, 4) is 0 Å². The number of carbonyl (C=O) groups excluding carboxylic acids is 2. The van der Waals surface area contributed by atoms with E-state index in [9.17, 15) is 14.7 Å². The number of aliphatic hydroxyl groups is 1. The minimum Gasteiger partial charge on any atom is -0.444 e. The van der Waals surface area contributed by atoms with E-state index < -0.39 is 29.9 Å². The van der Waals surface area contributed by atoms with Gasteiger partial charge in [-0.2, -0.15) is 0 Å². The van der Waals surface area contributed by atoms with Crippen LogP contribution < -0.4 is 5.32 Å². The number of aliphatic hydroxyl groups excluding tert-OH is 1. The molecule has 8 heteroatoms. The van der Waals surface area contributed by atoms with Crippen LogP contribution in [0.5, 0.6) is 0 Å². The number of carbonyl (C=O) groups is 2. The Labute approximate surface area is 178 Å². The number of hydrogen-bond acceptors (Lipinski definition) is 6. The van der Waals surface area contributed by atoms with Gasteiger partial charge < -0.3 is 15.2 Å². The van der Waals surface area contributed by atoms with Gasteiger partial charge in [-0.05, 0) is 45.4 Å². The average Bonchev–Trinajstić information content (AvgIpc) is 3.10. The molecule has 0 unspecified atom stereocenters. The smallest absolute Gasteiger partial charge is 0.410 e. The highest BCUT2D eigenvalue weighted by molar-refractivity contribution is 7.09. The Morgan fingerprint density at radius 1 is 1.21 bits per heavy atom. The third-order valence-corrected chi connectivity index (χ3v) is 5.13. The molecule has 1 aromatic heterocycles. The van der Waals surface area contributed by atoms with E-state index in [0.29, 0.717) is 17.8 Å². The number of ether oxygens (including phenoxy) is 1. The fourth-order valence-corrected chi connectivity index (χ4v) is 3.64. The normalized spacial score (nSPS) is 15.1. The van der Waals surface area contributed by atoms with Gasteiger partial charge >= 0.3 is 6.09 Å². The Hall–Kier alpha value is -1.67. The molecule has 0 aromatic carbocycles. The number of thiazole rings is 1. The van der Waals surface area contributed by atoms with Crippen LogP contribution in [0.25, 0.3) is 0 Å². The second-order valence-electron chi connectivity index (χ2n) is 9.30. The molecule has 0 saturated heterocycles. The van der Waals surface area contributed by atoms with E-state index in [1.165, 1.54) is 16.2 Å². The zero-order valence-electron chi connectivity index (χ0n) is 18.9. The van der Waals surface area contributed by atoms with Gasteiger partial charge in [0.25, 0.3) is 0 Å². The minimum atomic E-state index is -0.895. The molecule has 0 fully saturated rings. The summed E-state index contributed by atoms with van der Waals surface area (Å²) in [5.74, 6) is 0.165. The molecule has 1 heterocycles. The van der Waals surface area contributed by atoms with Crippen molar-refractivity contribution in [3.05, 3.63) is 16.6 Å². The molecule has 29 heavy (non-hydrogen) atoms. The highest BCUT2D eigenvalue weighted by Crippen LogP contribution is 2.24. The predicted octanol–water partition coefficient (Wildman–Crippen LogP) is 3.99. The van der Waals surface area contributed by atoms with Crippen molar-refractivity contribution in [2.24, 2.45) is 11.8 Å². The summed E-state index contributed by atoms with van der Waals surface area (Å²) in [6.45, 7) is 13.4. The van der Waals surface area contributed by atoms with E-state index in [4.69, 9.17) is 4.74 Å². The van der Waals surface area contributed by atoms with Crippen LogP contribution in [-0.2, 0) is 9.53 Å². The maximum Gasteiger partial charge on any atom is 0.410 e. The van der Waals surface area contributed by atoms with Crippen LogP contribution in [0, 0.1) is 11.8 Å². The maximum atomic E-state index is 13.2. The molecule has 7 nitrogen and oxygen atoms in total. The summed E-state index contributed by atoms with van der Waals surface area (Å²) in [7, 11) is 1.58. The largest absolute Gasteiger partial charge is 0.444 e. The lowest BCUT2D eigenvalue weighted by Gasteiger charge is -2.33. The van der Waals surface area contributed by atoms with Crippen LogP contribution in [0.2, 0.25) is 0 Å². The zero-order chi connectivity index (χ0) is 22.4. The van der Waals surface area contributed by atoms with Crippen LogP contribution in [-0.4, -0.2) is 51.7 Å². The molecule has 0 saturated carbocycles. The van der Waals surface area contributed by atoms with Crippen molar-refractivity contribution in [1.82, 2.24) is 15.2 Å². The molecule has 1 aromatic rings. The predicted molar refractivity (Wildman–Crippen MR) is 116 cm³/mol. The van der Waals surface area contributed by atoms with E-state index in [0.717, 1.165) is 0 Å². The molecule has 0 radical (unpaired) electrons. The van der Waals surface area contributed by atoms with Gasteiger partial charge in [0.2, 0.25) is 5.91 Å². The van der Waals surface area contributed by atoms with Crippen LogP contribution in [0.3, 0.4) is 0 Å². The topological polar surface area (TPSA) is 91.8 Å². The van der Waals surface area contributed by atoms with Gasteiger partial charge in [0.05, 0.1) is 6.04 Å². The third kappa shape index (κ3) is 8.70. The highest BCUT2D eigenvalue weighted by atomic mass is 32.1. The van der Waals surface area contributed by atoms with Gasteiger partial charge in [-0.1, -0.05) is 27.7 Å². The molecule has 2 amide bonds. The van der Waals surface area contributed by atoms with Crippen molar-refractivity contribution in [3.63, 3.8) is 0 Å². The van der Waals surface area contributed by atoms with Crippen molar-refractivity contribution in [2.45, 2.75) is 85.1 Å².